The third-order valence-electron chi connectivity index (χ3n) is 2.98. The van der Waals surface area contributed by atoms with E-state index in [9.17, 15) is 9.18 Å². The fourth-order valence-corrected chi connectivity index (χ4v) is 2.24. The summed E-state index contributed by atoms with van der Waals surface area (Å²) in [6.45, 7) is 1.61. The van der Waals surface area contributed by atoms with E-state index >= 15 is 0 Å². The number of Topliss-reactive ketones (excluding diaryl/α,β-unsaturated/α-hetero) is 1. The lowest BCUT2D eigenvalue weighted by Crippen LogP contribution is -2.26. The first-order chi connectivity index (χ1) is 9.97. The Balaban J connectivity index is 2.06. The quantitative estimate of drug-likeness (QED) is 0.795. The smallest absolute Gasteiger partial charge is 0.177 e. The van der Waals surface area contributed by atoms with E-state index in [1.165, 1.54) is 12.1 Å². The van der Waals surface area contributed by atoms with E-state index in [4.69, 9.17) is 27.9 Å². The number of hydrogen-bond acceptors (Lipinski definition) is 2. The van der Waals surface area contributed by atoms with Crippen molar-refractivity contribution in [2.24, 2.45) is 0 Å². The Bertz CT molecular complexity index is 638. The predicted molar refractivity (Wildman–Crippen MR) is 81.7 cm³/mol. The number of hydrogen-bond donors (Lipinski definition) is 0. The molecule has 2 nitrogen and oxygen atoms in total. The molecule has 0 saturated heterocycles. The van der Waals surface area contributed by atoms with Gasteiger partial charge in [-0.05, 0) is 37.3 Å². The zero-order valence-electron chi connectivity index (χ0n) is 11.3. The van der Waals surface area contributed by atoms with Crippen LogP contribution in [-0.4, -0.2) is 11.9 Å². The highest BCUT2D eigenvalue weighted by Crippen LogP contribution is 2.22. The lowest BCUT2D eigenvalue weighted by atomic mass is 10.1. The van der Waals surface area contributed by atoms with Crippen LogP contribution in [0.3, 0.4) is 0 Å². The summed E-state index contributed by atoms with van der Waals surface area (Å²) in [4.78, 5) is 12.1. The van der Waals surface area contributed by atoms with Crippen LogP contribution in [0.2, 0.25) is 10.0 Å². The van der Waals surface area contributed by atoms with Gasteiger partial charge in [0.25, 0.3) is 0 Å². The Morgan fingerprint density at radius 2 is 1.95 bits per heavy atom. The first kappa shape index (κ1) is 15.8. The standard InChI is InChI=1S/C16H13Cl2FO2/c1-10(21-12-5-2-4-11(17)8-12)16(20)9-13-14(18)6-3-7-15(13)19/h2-8,10H,9H2,1H3. The maximum Gasteiger partial charge on any atom is 0.177 e. The summed E-state index contributed by atoms with van der Waals surface area (Å²) >= 11 is 11.8. The van der Waals surface area contributed by atoms with Gasteiger partial charge in [0.1, 0.15) is 11.6 Å². The first-order valence-electron chi connectivity index (χ1n) is 6.35. The normalized spacial score (nSPS) is 12.0. The predicted octanol–water partition coefficient (Wildman–Crippen LogP) is 4.71. The average molecular weight is 327 g/mol. The van der Waals surface area contributed by atoms with Crippen molar-refractivity contribution in [1.29, 1.82) is 0 Å². The second-order valence-electron chi connectivity index (χ2n) is 4.56. The minimum atomic E-state index is -0.723. The van der Waals surface area contributed by atoms with E-state index in [-0.39, 0.29) is 22.8 Å². The molecule has 1 atom stereocenters. The van der Waals surface area contributed by atoms with Crippen LogP contribution in [0.5, 0.6) is 5.75 Å². The molecule has 0 radical (unpaired) electrons. The van der Waals surface area contributed by atoms with Crippen molar-refractivity contribution in [3.8, 4) is 5.75 Å². The second-order valence-corrected chi connectivity index (χ2v) is 5.40. The molecular formula is C16H13Cl2FO2. The molecule has 110 valence electrons. The number of halogens is 3. The largest absolute Gasteiger partial charge is 0.483 e. The molecule has 0 aromatic heterocycles. The topological polar surface area (TPSA) is 26.3 Å². The molecule has 1 unspecified atom stereocenters. The maximum atomic E-state index is 13.7. The summed E-state index contributed by atoms with van der Waals surface area (Å²) in [6.07, 6.45) is -0.841. The minimum Gasteiger partial charge on any atom is -0.483 e. The molecule has 2 aromatic rings. The average Bonchev–Trinajstić information content (AvgIpc) is 2.43. The summed E-state index contributed by atoms with van der Waals surface area (Å²) in [5, 5.41) is 0.752. The van der Waals surface area contributed by atoms with Gasteiger partial charge in [-0.2, -0.15) is 0 Å². The van der Waals surface area contributed by atoms with Crippen LogP contribution >= 0.6 is 23.2 Å². The molecule has 0 amide bonds. The Labute approximate surface area is 132 Å². The van der Waals surface area contributed by atoms with Crippen LogP contribution in [0.15, 0.2) is 42.5 Å². The fraction of sp³-hybridized carbons (Fsp3) is 0.188. The SMILES string of the molecule is CC(Oc1cccc(Cl)c1)C(=O)Cc1c(F)cccc1Cl. The van der Waals surface area contributed by atoms with E-state index < -0.39 is 11.9 Å². The number of carbonyl (C=O) groups excluding carboxylic acids is 1. The molecule has 5 heteroatoms. The van der Waals surface area contributed by atoms with Crippen molar-refractivity contribution in [3.05, 3.63) is 63.9 Å². The third-order valence-corrected chi connectivity index (χ3v) is 3.56. The molecule has 0 heterocycles. The molecule has 0 spiro atoms. The van der Waals surface area contributed by atoms with Crippen molar-refractivity contribution in [2.75, 3.05) is 0 Å². The molecule has 21 heavy (non-hydrogen) atoms. The van der Waals surface area contributed by atoms with E-state index in [1.54, 1.807) is 37.3 Å². The molecule has 0 aliphatic heterocycles. The van der Waals surface area contributed by atoms with Gasteiger partial charge in [-0.3, -0.25) is 4.79 Å². The van der Waals surface area contributed by atoms with E-state index in [1.807, 2.05) is 0 Å². The number of carbonyl (C=O) groups is 1. The van der Waals surface area contributed by atoms with E-state index in [0.29, 0.717) is 10.8 Å². The molecule has 0 bridgehead atoms. The Hall–Kier alpha value is -1.58. The molecule has 2 rings (SSSR count). The lowest BCUT2D eigenvalue weighted by molar-refractivity contribution is -0.124. The summed E-state index contributed by atoms with van der Waals surface area (Å²) < 4.78 is 19.2. The second kappa shape index (κ2) is 6.92. The van der Waals surface area contributed by atoms with Gasteiger partial charge in [0.15, 0.2) is 11.9 Å². The number of ether oxygens (including phenoxy) is 1. The minimum absolute atomic E-state index is 0.118. The Kier molecular flexibility index (Phi) is 5.21. The van der Waals surface area contributed by atoms with Gasteiger partial charge < -0.3 is 4.74 Å². The number of benzene rings is 2. The van der Waals surface area contributed by atoms with Gasteiger partial charge in [0.05, 0.1) is 0 Å². The fourth-order valence-electron chi connectivity index (χ4n) is 1.83. The van der Waals surface area contributed by atoms with Crippen molar-refractivity contribution < 1.29 is 13.9 Å². The van der Waals surface area contributed by atoms with Crippen LogP contribution in [0.1, 0.15) is 12.5 Å². The maximum absolute atomic E-state index is 13.7. The lowest BCUT2D eigenvalue weighted by Gasteiger charge is -2.14. The molecule has 0 aliphatic rings. The highest BCUT2D eigenvalue weighted by Gasteiger charge is 2.19. The highest BCUT2D eigenvalue weighted by atomic mass is 35.5. The molecular weight excluding hydrogens is 314 g/mol. The van der Waals surface area contributed by atoms with Gasteiger partial charge in [-0.1, -0.05) is 35.3 Å². The summed E-state index contributed by atoms with van der Waals surface area (Å²) in [7, 11) is 0. The van der Waals surface area contributed by atoms with E-state index in [0.717, 1.165) is 0 Å². The van der Waals surface area contributed by atoms with Crippen molar-refractivity contribution in [2.45, 2.75) is 19.4 Å². The zero-order chi connectivity index (χ0) is 15.4. The first-order valence-corrected chi connectivity index (χ1v) is 7.11. The molecule has 0 aliphatic carbocycles. The van der Waals surface area contributed by atoms with Gasteiger partial charge in [0.2, 0.25) is 0 Å². The van der Waals surface area contributed by atoms with Gasteiger partial charge in [-0.15, -0.1) is 0 Å². The highest BCUT2D eigenvalue weighted by molar-refractivity contribution is 6.31. The Morgan fingerprint density at radius 3 is 2.62 bits per heavy atom. The van der Waals surface area contributed by atoms with Crippen LogP contribution in [0.4, 0.5) is 4.39 Å². The van der Waals surface area contributed by atoms with Crippen molar-refractivity contribution >= 4 is 29.0 Å². The number of ketones is 1. The molecule has 0 saturated carbocycles. The monoisotopic (exact) mass is 326 g/mol. The van der Waals surface area contributed by atoms with E-state index in [2.05, 4.69) is 0 Å². The molecule has 2 aromatic carbocycles. The summed E-state index contributed by atoms with van der Waals surface area (Å²) in [5.74, 6) is -0.268. The Morgan fingerprint density at radius 1 is 1.24 bits per heavy atom. The summed E-state index contributed by atoms with van der Waals surface area (Å²) in [6, 6.07) is 11.1. The van der Waals surface area contributed by atoms with Crippen molar-refractivity contribution in [3.63, 3.8) is 0 Å². The summed E-state index contributed by atoms with van der Waals surface area (Å²) in [5.41, 5.74) is 0.186. The molecule has 0 N–H and O–H groups in total. The van der Waals surface area contributed by atoms with Gasteiger partial charge >= 0.3 is 0 Å². The van der Waals surface area contributed by atoms with Crippen LogP contribution in [0.25, 0.3) is 0 Å². The van der Waals surface area contributed by atoms with Gasteiger partial charge in [0, 0.05) is 22.0 Å². The van der Waals surface area contributed by atoms with Crippen LogP contribution < -0.4 is 4.74 Å². The molecule has 0 fully saturated rings. The zero-order valence-corrected chi connectivity index (χ0v) is 12.8. The van der Waals surface area contributed by atoms with Crippen LogP contribution in [-0.2, 0) is 11.2 Å². The van der Waals surface area contributed by atoms with Gasteiger partial charge in [-0.25, -0.2) is 4.39 Å². The number of rotatable bonds is 5. The van der Waals surface area contributed by atoms with Crippen molar-refractivity contribution in [1.82, 2.24) is 0 Å². The van der Waals surface area contributed by atoms with Crippen LogP contribution in [0, 0.1) is 5.82 Å². The third kappa shape index (κ3) is 4.19.